The van der Waals surface area contributed by atoms with Crippen molar-refractivity contribution in [2.24, 2.45) is 0 Å². The molecule has 0 radical (unpaired) electrons. The number of aromatic nitrogens is 1. The van der Waals surface area contributed by atoms with E-state index in [0.717, 1.165) is 4.47 Å². The van der Waals surface area contributed by atoms with Crippen LogP contribution in [-0.2, 0) is 9.53 Å². The van der Waals surface area contributed by atoms with E-state index >= 15 is 0 Å². The number of ether oxygens (including phenoxy) is 2. The van der Waals surface area contributed by atoms with Gasteiger partial charge in [-0.3, -0.25) is 4.79 Å². The summed E-state index contributed by atoms with van der Waals surface area (Å²) in [5.41, 5.74) is 0. The minimum absolute atomic E-state index is 0.0484. The molecule has 1 saturated heterocycles. The molecule has 2 atom stereocenters. The third kappa shape index (κ3) is 3.17. The Labute approximate surface area is 108 Å². The zero-order valence-electron chi connectivity index (χ0n) is 9.35. The molecule has 0 spiro atoms. The van der Waals surface area contributed by atoms with Crippen molar-refractivity contribution in [1.29, 1.82) is 0 Å². The lowest BCUT2D eigenvalue weighted by atomic mass is 10.2. The number of nitrogens with zero attached hydrogens (tertiary/aromatic N) is 1. The summed E-state index contributed by atoms with van der Waals surface area (Å²) in [7, 11) is 1.38. The number of nitrogens with one attached hydrogen (secondary N) is 1. The molecule has 1 aliphatic heterocycles. The molecule has 0 saturated carbocycles. The highest BCUT2D eigenvalue weighted by molar-refractivity contribution is 9.10. The monoisotopic (exact) mass is 300 g/mol. The molecule has 2 heterocycles. The first-order valence-electron chi connectivity index (χ1n) is 5.28. The van der Waals surface area contributed by atoms with Crippen molar-refractivity contribution in [2.75, 3.05) is 13.7 Å². The van der Waals surface area contributed by atoms with E-state index in [9.17, 15) is 4.79 Å². The van der Waals surface area contributed by atoms with Gasteiger partial charge >= 0.3 is 5.97 Å². The zero-order valence-corrected chi connectivity index (χ0v) is 10.9. The van der Waals surface area contributed by atoms with Gasteiger partial charge in [-0.25, -0.2) is 4.98 Å². The van der Waals surface area contributed by atoms with Gasteiger partial charge in [0, 0.05) is 29.7 Å². The van der Waals surface area contributed by atoms with Gasteiger partial charge in [0.25, 0.3) is 0 Å². The van der Waals surface area contributed by atoms with E-state index in [1.165, 1.54) is 7.11 Å². The molecule has 17 heavy (non-hydrogen) atoms. The van der Waals surface area contributed by atoms with Gasteiger partial charge < -0.3 is 14.8 Å². The van der Waals surface area contributed by atoms with Crippen LogP contribution in [0.1, 0.15) is 6.42 Å². The average Bonchev–Trinajstić information content (AvgIpc) is 2.80. The predicted octanol–water partition coefficient (Wildman–Crippen LogP) is 1.13. The summed E-state index contributed by atoms with van der Waals surface area (Å²) >= 11 is 3.30. The number of rotatable bonds is 3. The maximum atomic E-state index is 11.3. The third-order valence-corrected chi connectivity index (χ3v) is 3.03. The summed E-state index contributed by atoms with van der Waals surface area (Å²) in [6, 6.07) is 3.37. The second-order valence-electron chi connectivity index (χ2n) is 3.77. The summed E-state index contributed by atoms with van der Waals surface area (Å²) in [5, 5.41) is 3.05. The van der Waals surface area contributed by atoms with Crippen molar-refractivity contribution < 1.29 is 14.3 Å². The van der Waals surface area contributed by atoms with Crippen LogP contribution in [0.4, 0.5) is 0 Å². The van der Waals surface area contributed by atoms with Crippen LogP contribution in [-0.4, -0.2) is 36.8 Å². The van der Waals surface area contributed by atoms with Crippen molar-refractivity contribution in [3.05, 3.63) is 22.8 Å². The van der Waals surface area contributed by atoms with Gasteiger partial charge in [-0.2, -0.15) is 0 Å². The van der Waals surface area contributed by atoms with Crippen LogP contribution in [0.2, 0.25) is 0 Å². The van der Waals surface area contributed by atoms with Crippen molar-refractivity contribution in [3.63, 3.8) is 0 Å². The largest absolute Gasteiger partial charge is 0.473 e. The number of methoxy groups -OCH3 is 1. The fourth-order valence-corrected chi connectivity index (χ4v) is 1.95. The molecule has 1 fully saturated rings. The number of esters is 1. The Bertz CT molecular complexity index is 396. The van der Waals surface area contributed by atoms with E-state index in [4.69, 9.17) is 4.74 Å². The molecule has 1 aromatic heterocycles. The molecule has 0 amide bonds. The summed E-state index contributed by atoms with van der Waals surface area (Å²) in [6.07, 6.45) is 2.23. The van der Waals surface area contributed by atoms with Crippen LogP contribution in [0.3, 0.4) is 0 Å². The Morgan fingerprint density at radius 2 is 2.41 bits per heavy atom. The van der Waals surface area contributed by atoms with Gasteiger partial charge in [0.15, 0.2) is 0 Å². The molecular formula is C11H13BrN2O3. The quantitative estimate of drug-likeness (QED) is 0.848. The second kappa shape index (κ2) is 5.46. The van der Waals surface area contributed by atoms with Crippen molar-refractivity contribution in [2.45, 2.75) is 18.6 Å². The minimum atomic E-state index is -0.277. The minimum Gasteiger partial charge on any atom is -0.473 e. The maximum absolute atomic E-state index is 11.3. The summed E-state index contributed by atoms with van der Waals surface area (Å²) < 4.78 is 11.2. The highest BCUT2D eigenvalue weighted by Gasteiger charge is 2.31. The highest BCUT2D eigenvalue weighted by atomic mass is 79.9. The van der Waals surface area contributed by atoms with E-state index in [2.05, 4.69) is 31.0 Å². The van der Waals surface area contributed by atoms with Gasteiger partial charge in [0.1, 0.15) is 12.1 Å². The molecule has 1 aliphatic rings. The first-order chi connectivity index (χ1) is 8.19. The molecule has 2 rings (SSSR count). The molecule has 0 aliphatic carbocycles. The SMILES string of the molecule is COC(=O)C1CC(Oc2ccc(Br)cn2)CN1. The molecule has 2 unspecified atom stereocenters. The molecule has 1 N–H and O–H groups in total. The summed E-state index contributed by atoms with van der Waals surface area (Å²) in [5.74, 6) is 0.311. The second-order valence-corrected chi connectivity index (χ2v) is 4.69. The van der Waals surface area contributed by atoms with E-state index in [-0.39, 0.29) is 18.1 Å². The number of hydrogen-bond acceptors (Lipinski definition) is 5. The van der Waals surface area contributed by atoms with Crippen molar-refractivity contribution >= 4 is 21.9 Å². The van der Waals surface area contributed by atoms with E-state index in [0.29, 0.717) is 18.8 Å². The normalized spacial score (nSPS) is 23.4. The summed E-state index contributed by atoms with van der Waals surface area (Å²) in [6.45, 7) is 0.623. The smallest absolute Gasteiger partial charge is 0.323 e. The molecule has 5 nitrogen and oxygen atoms in total. The van der Waals surface area contributed by atoms with Crippen LogP contribution in [0.5, 0.6) is 5.88 Å². The van der Waals surface area contributed by atoms with Crippen LogP contribution >= 0.6 is 15.9 Å². The Kier molecular flexibility index (Phi) is 3.96. The lowest BCUT2D eigenvalue weighted by Crippen LogP contribution is -2.31. The fourth-order valence-electron chi connectivity index (χ4n) is 1.72. The molecule has 0 aromatic carbocycles. The van der Waals surface area contributed by atoms with Gasteiger partial charge in [0.2, 0.25) is 5.88 Å². The standard InChI is InChI=1S/C11H13BrN2O3/c1-16-11(15)9-4-8(6-13-9)17-10-3-2-7(12)5-14-10/h2-3,5,8-9,13H,4,6H2,1H3. The summed E-state index contributed by atoms with van der Waals surface area (Å²) in [4.78, 5) is 15.4. The Morgan fingerprint density at radius 1 is 1.59 bits per heavy atom. The first-order valence-corrected chi connectivity index (χ1v) is 6.08. The van der Waals surface area contributed by atoms with Crippen LogP contribution in [0.15, 0.2) is 22.8 Å². The molecular weight excluding hydrogens is 288 g/mol. The third-order valence-electron chi connectivity index (χ3n) is 2.56. The average molecular weight is 301 g/mol. The van der Waals surface area contributed by atoms with Crippen molar-refractivity contribution in [1.82, 2.24) is 10.3 Å². The molecule has 1 aromatic rings. The van der Waals surface area contributed by atoms with Crippen LogP contribution in [0, 0.1) is 0 Å². The number of carbonyl (C=O) groups excluding carboxylic acids is 1. The van der Waals surface area contributed by atoms with E-state index in [1.54, 1.807) is 12.3 Å². The number of halogens is 1. The fraction of sp³-hybridized carbons (Fsp3) is 0.455. The number of hydrogen-bond donors (Lipinski definition) is 1. The van der Waals surface area contributed by atoms with Gasteiger partial charge in [0.05, 0.1) is 7.11 Å². The van der Waals surface area contributed by atoms with Gasteiger partial charge in [-0.15, -0.1) is 0 Å². The molecule has 6 heteroatoms. The lowest BCUT2D eigenvalue weighted by Gasteiger charge is -2.11. The molecule has 92 valence electrons. The van der Waals surface area contributed by atoms with Crippen molar-refractivity contribution in [3.8, 4) is 5.88 Å². The Morgan fingerprint density at radius 3 is 3.06 bits per heavy atom. The van der Waals surface area contributed by atoms with Crippen LogP contribution < -0.4 is 10.1 Å². The van der Waals surface area contributed by atoms with Crippen LogP contribution in [0.25, 0.3) is 0 Å². The molecule has 0 bridgehead atoms. The lowest BCUT2D eigenvalue weighted by molar-refractivity contribution is -0.142. The first kappa shape index (κ1) is 12.3. The number of pyridine rings is 1. The zero-order chi connectivity index (χ0) is 12.3. The van der Waals surface area contributed by atoms with Gasteiger partial charge in [-0.1, -0.05) is 0 Å². The van der Waals surface area contributed by atoms with E-state index < -0.39 is 0 Å². The Balaban J connectivity index is 1.89. The maximum Gasteiger partial charge on any atom is 0.323 e. The number of carbonyl (C=O) groups is 1. The topological polar surface area (TPSA) is 60.5 Å². The van der Waals surface area contributed by atoms with Gasteiger partial charge in [-0.05, 0) is 22.0 Å². The highest BCUT2D eigenvalue weighted by Crippen LogP contribution is 2.17. The van der Waals surface area contributed by atoms with E-state index in [1.807, 2.05) is 6.07 Å². The Hall–Kier alpha value is -1.14. The predicted molar refractivity (Wildman–Crippen MR) is 64.8 cm³/mol.